The number of likely N-dealkylation sites (N-methyl/N-ethyl adjacent to an activating group) is 1. The number of amides is 2. The minimum absolute atomic E-state index is 0.0287. The summed E-state index contributed by atoms with van der Waals surface area (Å²) in [5.41, 5.74) is 7.28. The second kappa shape index (κ2) is 9.97. The van der Waals surface area contributed by atoms with Crippen molar-refractivity contribution in [2.24, 2.45) is 0 Å². The van der Waals surface area contributed by atoms with Gasteiger partial charge in [-0.15, -0.1) is 0 Å². The number of rotatable bonds is 4. The van der Waals surface area contributed by atoms with Crippen LogP contribution in [0.5, 0.6) is 0 Å². The van der Waals surface area contributed by atoms with Crippen molar-refractivity contribution >= 4 is 28.8 Å². The van der Waals surface area contributed by atoms with Crippen molar-refractivity contribution in [1.29, 1.82) is 5.26 Å². The molecule has 0 bridgehead atoms. The number of fused-ring (bicyclic) bond motifs is 1. The Labute approximate surface area is 205 Å². The van der Waals surface area contributed by atoms with Crippen molar-refractivity contribution in [2.75, 3.05) is 26.4 Å². The summed E-state index contributed by atoms with van der Waals surface area (Å²) >= 11 is 0. The first-order valence-electron chi connectivity index (χ1n) is 10.7. The van der Waals surface area contributed by atoms with E-state index in [-0.39, 0.29) is 35.3 Å². The number of aromatic nitrogens is 4. The molecule has 13 heteroatoms. The van der Waals surface area contributed by atoms with Gasteiger partial charge in [0.15, 0.2) is 23.8 Å². The minimum Gasteiger partial charge on any atom is -0.387 e. The number of nitrogens with zero attached hydrogens (tertiary/aromatic N) is 6. The molecular formula is C23H22N8O5. The fraction of sp³-hybridized carbons (Fsp3) is 0.304. The van der Waals surface area contributed by atoms with Crippen LogP contribution in [0.2, 0.25) is 0 Å². The van der Waals surface area contributed by atoms with Gasteiger partial charge in [0.2, 0.25) is 5.82 Å². The van der Waals surface area contributed by atoms with Crippen LogP contribution in [-0.2, 0) is 9.53 Å². The molecule has 1 aliphatic rings. The summed E-state index contributed by atoms with van der Waals surface area (Å²) in [6.45, 7) is 0.0594. The molecule has 1 fully saturated rings. The predicted molar refractivity (Wildman–Crippen MR) is 125 cm³/mol. The monoisotopic (exact) mass is 490 g/mol. The first-order valence-corrected chi connectivity index (χ1v) is 10.7. The van der Waals surface area contributed by atoms with E-state index in [1.54, 1.807) is 31.3 Å². The Kier molecular flexibility index (Phi) is 6.80. The average molecular weight is 490 g/mol. The lowest BCUT2D eigenvalue weighted by Crippen LogP contribution is -2.41. The van der Waals surface area contributed by atoms with Crippen LogP contribution in [0.1, 0.15) is 28.0 Å². The van der Waals surface area contributed by atoms with Crippen LogP contribution in [0.25, 0.3) is 11.2 Å². The van der Waals surface area contributed by atoms with Gasteiger partial charge in [0.25, 0.3) is 11.8 Å². The highest BCUT2D eigenvalue weighted by molar-refractivity contribution is 5.94. The highest BCUT2D eigenvalue weighted by atomic mass is 16.6. The fourth-order valence-electron chi connectivity index (χ4n) is 3.65. The zero-order chi connectivity index (χ0) is 26.0. The quantitative estimate of drug-likeness (QED) is 0.322. The molecular weight excluding hydrogens is 468 g/mol. The van der Waals surface area contributed by atoms with Gasteiger partial charge in [-0.3, -0.25) is 14.2 Å². The zero-order valence-electron chi connectivity index (χ0n) is 19.3. The fourth-order valence-corrected chi connectivity index (χ4v) is 3.65. The third kappa shape index (κ3) is 4.54. The number of carbonyl (C=O) groups excluding carboxylic acids is 2. The molecule has 2 unspecified atom stereocenters. The second-order valence-corrected chi connectivity index (χ2v) is 7.95. The van der Waals surface area contributed by atoms with Crippen molar-refractivity contribution in [3.05, 3.63) is 47.5 Å². The molecule has 0 aliphatic carbocycles. The summed E-state index contributed by atoms with van der Waals surface area (Å²) in [7, 11) is 2.97. The Morgan fingerprint density at radius 2 is 1.97 bits per heavy atom. The molecule has 2 amide bonds. The van der Waals surface area contributed by atoms with E-state index in [0.29, 0.717) is 11.1 Å². The second-order valence-electron chi connectivity index (χ2n) is 7.95. The zero-order valence-corrected chi connectivity index (χ0v) is 19.3. The number of aliphatic hydroxyl groups excluding tert-OH is 2. The highest BCUT2D eigenvalue weighted by Crippen LogP contribution is 2.32. The molecule has 1 saturated heterocycles. The predicted octanol–water partition coefficient (Wildman–Crippen LogP) is -1.23. The lowest BCUT2D eigenvalue weighted by atomic mass is 10.1. The van der Waals surface area contributed by atoms with Gasteiger partial charge in [0, 0.05) is 19.7 Å². The van der Waals surface area contributed by atoms with Crippen LogP contribution in [0.3, 0.4) is 0 Å². The molecule has 184 valence electrons. The number of aliphatic hydroxyl groups is 2. The number of nitrogens with two attached hydrogens (primary N) is 1. The van der Waals surface area contributed by atoms with E-state index < -0.39 is 30.4 Å². The maximum absolute atomic E-state index is 12.6. The van der Waals surface area contributed by atoms with Crippen LogP contribution in [0, 0.1) is 23.2 Å². The molecule has 0 saturated carbocycles. The van der Waals surface area contributed by atoms with Crippen LogP contribution in [0.15, 0.2) is 30.6 Å². The number of ether oxygens (including phenoxy) is 1. The van der Waals surface area contributed by atoms with E-state index in [1.807, 2.05) is 6.07 Å². The van der Waals surface area contributed by atoms with Crippen molar-refractivity contribution in [1.82, 2.24) is 29.7 Å². The highest BCUT2D eigenvalue weighted by Gasteiger charge is 2.47. The number of benzene rings is 1. The smallest absolute Gasteiger partial charge is 0.254 e. The summed E-state index contributed by atoms with van der Waals surface area (Å²) in [5, 5.41) is 31.9. The molecule has 1 aliphatic heterocycles. The molecule has 1 aromatic carbocycles. The van der Waals surface area contributed by atoms with Gasteiger partial charge in [0.1, 0.15) is 17.7 Å². The van der Waals surface area contributed by atoms with E-state index in [4.69, 9.17) is 15.7 Å². The topological polar surface area (TPSA) is 193 Å². The largest absolute Gasteiger partial charge is 0.387 e. The van der Waals surface area contributed by atoms with Gasteiger partial charge < -0.3 is 30.9 Å². The molecule has 5 N–H and O–H groups in total. The SMILES string of the molecule is CNC(=O)C1OC(n2cnc3c(N)nc(C#CCN(C)C(=O)c4ccc(C#N)cc4)nc32)[C@H](O)[C@@H]1O. The lowest BCUT2D eigenvalue weighted by Gasteiger charge is -2.16. The molecule has 3 heterocycles. The van der Waals surface area contributed by atoms with Crippen molar-refractivity contribution in [3.63, 3.8) is 0 Å². The minimum atomic E-state index is -1.46. The number of carbonyl (C=O) groups is 2. The van der Waals surface area contributed by atoms with Crippen molar-refractivity contribution in [3.8, 4) is 17.9 Å². The third-order valence-electron chi connectivity index (χ3n) is 5.59. The Hall–Kier alpha value is -4.56. The van der Waals surface area contributed by atoms with Crippen molar-refractivity contribution < 1.29 is 24.5 Å². The van der Waals surface area contributed by atoms with Crippen LogP contribution < -0.4 is 11.1 Å². The summed E-state index contributed by atoms with van der Waals surface area (Å²) in [4.78, 5) is 38.5. The van der Waals surface area contributed by atoms with Gasteiger partial charge in [-0.1, -0.05) is 5.92 Å². The first-order chi connectivity index (χ1) is 17.2. The van der Waals surface area contributed by atoms with Crippen LogP contribution in [0.4, 0.5) is 5.82 Å². The lowest BCUT2D eigenvalue weighted by molar-refractivity contribution is -0.137. The third-order valence-corrected chi connectivity index (χ3v) is 5.59. The normalized spacial score (nSPS) is 20.9. The van der Waals surface area contributed by atoms with Gasteiger partial charge in [0.05, 0.1) is 24.5 Å². The Morgan fingerprint density at radius 1 is 1.25 bits per heavy atom. The molecule has 2 aromatic heterocycles. The van der Waals surface area contributed by atoms with E-state index >= 15 is 0 Å². The summed E-state index contributed by atoms with van der Waals surface area (Å²) in [6, 6.07) is 8.24. The van der Waals surface area contributed by atoms with E-state index in [1.165, 1.54) is 22.8 Å². The van der Waals surface area contributed by atoms with E-state index in [9.17, 15) is 19.8 Å². The van der Waals surface area contributed by atoms with Crippen LogP contribution in [-0.4, -0.2) is 85.4 Å². The Balaban J connectivity index is 1.55. The van der Waals surface area contributed by atoms with Gasteiger partial charge in [-0.2, -0.15) is 5.26 Å². The number of anilines is 1. The standard InChI is InChI=1S/C23H22N8O5/c1-26-21(34)18-16(32)17(33)23(36-18)31-11-27-15-19(25)28-14(29-20(15)31)4-3-9-30(2)22(35)13-7-5-12(10-24)6-8-13/h5-8,11,16-18,23,32-33H,9H2,1-2H3,(H,26,34)(H2,25,28,29)/t16-,17+,18?,23?/m0/s1. The van der Waals surface area contributed by atoms with Crippen LogP contribution >= 0.6 is 0 Å². The van der Waals surface area contributed by atoms with Crippen molar-refractivity contribution in [2.45, 2.75) is 24.5 Å². The Bertz CT molecular complexity index is 1420. The molecule has 0 spiro atoms. The number of nitrogens with one attached hydrogen (secondary N) is 1. The Morgan fingerprint density at radius 3 is 2.64 bits per heavy atom. The molecule has 4 atom stereocenters. The molecule has 36 heavy (non-hydrogen) atoms. The number of imidazole rings is 1. The summed E-state index contributed by atoms with van der Waals surface area (Å²) in [5.74, 6) is 4.76. The molecule has 13 nitrogen and oxygen atoms in total. The first kappa shape index (κ1) is 24.6. The van der Waals surface area contributed by atoms with Gasteiger partial charge in [-0.05, 0) is 30.2 Å². The maximum atomic E-state index is 12.6. The van der Waals surface area contributed by atoms with E-state index in [2.05, 4.69) is 32.1 Å². The molecule has 0 radical (unpaired) electrons. The maximum Gasteiger partial charge on any atom is 0.254 e. The number of nitriles is 1. The van der Waals surface area contributed by atoms with Gasteiger partial charge >= 0.3 is 0 Å². The molecule has 3 aromatic rings. The van der Waals surface area contributed by atoms with E-state index in [0.717, 1.165) is 0 Å². The average Bonchev–Trinajstić information content (AvgIpc) is 3.44. The van der Waals surface area contributed by atoms with Gasteiger partial charge in [-0.25, -0.2) is 15.0 Å². The number of hydrogen-bond acceptors (Lipinski definition) is 10. The molecule has 4 rings (SSSR count). The summed E-state index contributed by atoms with van der Waals surface area (Å²) in [6.07, 6.45) is -4.02. The number of hydrogen-bond donors (Lipinski definition) is 4. The summed E-state index contributed by atoms with van der Waals surface area (Å²) < 4.78 is 6.92. The number of nitrogen functional groups attached to an aromatic ring is 1.